The first-order valence-corrected chi connectivity index (χ1v) is 8.06. The van der Waals surface area contributed by atoms with Gasteiger partial charge < -0.3 is 18.9 Å². The Morgan fingerprint density at radius 1 is 1.30 bits per heavy atom. The quantitative estimate of drug-likeness (QED) is 0.408. The summed E-state index contributed by atoms with van der Waals surface area (Å²) in [6, 6.07) is 0. The molecule has 0 aliphatic carbocycles. The second-order valence-corrected chi connectivity index (χ2v) is 6.85. The van der Waals surface area contributed by atoms with Crippen molar-refractivity contribution in [2.24, 2.45) is 11.3 Å². The maximum absolute atomic E-state index is 12.2. The van der Waals surface area contributed by atoms with Crippen LogP contribution in [0, 0.1) is 11.3 Å². The molecule has 0 aromatic rings. The van der Waals surface area contributed by atoms with Gasteiger partial charge in [-0.1, -0.05) is 13.8 Å². The Kier molecular flexibility index (Phi) is 4.08. The predicted octanol–water partition coefficient (Wildman–Crippen LogP) is 0.984. The minimum atomic E-state index is -0.901. The van der Waals surface area contributed by atoms with Crippen molar-refractivity contribution in [3.05, 3.63) is 0 Å². The number of ether oxygens (including phenoxy) is 4. The zero-order valence-electron chi connectivity index (χ0n) is 13.5. The molecule has 3 rings (SSSR count). The van der Waals surface area contributed by atoms with Gasteiger partial charge in [-0.05, 0) is 19.3 Å². The summed E-state index contributed by atoms with van der Waals surface area (Å²) in [7, 11) is 0. The van der Waals surface area contributed by atoms with Gasteiger partial charge >= 0.3 is 17.9 Å². The number of esters is 3. The van der Waals surface area contributed by atoms with Crippen LogP contribution in [0.4, 0.5) is 0 Å². The van der Waals surface area contributed by atoms with Crippen molar-refractivity contribution in [1.29, 1.82) is 0 Å². The molecule has 0 aromatic heterocycles. The van der Waals surface area contributed by atoms with Gasteiger partial charge in [0, 0.05) is 0 Å². The van der Waals surface area contributed by atoms with E-state index in [1.165, 1.54) is 0 Å². The molecule has 7 nitrogen and oxygen atoms in total. The number of rotatable bonds is 6. The molecule has 3 aliphatic heterocycles. The van der Waals surface area contributed by atoms with E-state index in [1.54, 1.807) is 13.8 Å². The average Bonchev–Trinajstić information content (AvgIpc) is 3.12. The smallest absolute Gasteiger partial charge is 0.315 e. The first-order chi connectivity index (χ1) is 10.9. The van der Waals surface area contributed by atoms with Crippen LogP contribution < -0.4 is 0 Å². The summed E-state index contributed by atoms with van der Waals surface area (Å²) in [6.07, 6.45) is 2.15. The Bertz CT molecular complexity index is 529. The summed E-state index contributed by atoms with van der Waals surface area (Å²) < 4.78 is 21.2. The van der Waals surface area contributed by atoms with Crippen molar-refractivity contribution >= 4 is 17.9 Å². The van der Waals surface area contributed by atoms with Gasteiger partial charge in [0.05, 0.1) is 18.4 Å². The van der Waals surface area contributed by atoms with E-state index in [0.717, 1.165) is 12.8 Å². The SMILES string of the molecule is CC(C)C(=O)OCCOC(=O)CC12CC3CCC1(COC2=O)O3. The monoisotopic (exact) mass is 326 g/mol. The normalized spacial score (nSPS) is 34.4. The zero-order valence-corrected chi connectivity index (χ0v) is 13.5. The van der Waals surface area contributed by atoms with Gasteiger partial charge in [-0.2, -0.15) is 0 Å². The first-order valence-electron chi connectivity index (χ1n) is 8.06. The van der Waals surface area contributed by atoms with E-state index in [4.69, 9.17) is 18.9 Å². The van der Waals surface area contributed by atoms with Crippen LogP contribution >= 0.6 is 0 Å². The summed E-state index contributed by atoms with van der Waals surface area (Å²) in [6.45, 7) is 3.69. The highest BCUT2D eigenvalue weighted by Gasteiger charge is 2.72. The maximum Gasteiger partial charge on any atom is 0.315 e. The molecule has 128 valence electrons. The van der Waals surface area contributed by atoms with E-state index in [0.29, 0.717) is 6.42 Å². The summed E-state index contributed by atoms with van der Waals surface area (Å²) in [5.74, 6) is -1.40. The van der Waals surface area contributed by atoms with Crippen molar-refractivity contribution in [2.45, 2.75) is 51.2 Å². The van der Waals surface area contributed by atoms with Crippen LogP contribution in [-0.4, -0.2) is 49.4 Å². The van der Waals surface area contributed by atoms with Crippen molar-refractivity contribution in [3.63, 3.8) is 0 Å². The molecule has 1 spiro atoms. The van der Waals surface area contributed by atoms with Gasteiger partial charge in [0.1, 0.15) is 30.8 Å². The number of fused-ring (bicyclic) bond motifs is 1. The van der Waals surface area contributed by atoms with E-state index in [-0.39, 0.29) is 50.2 Å². The Morgan fingerprint density at radius 3 is 2.74 bits per heavy atom. The minimum Gasteiger partial charge on any atom is -0.462 e. The number of hydrogen-bond acceptors (Lipinski definition) is 7. The molecule has 3 heterocycles. The zero-order chi connectivity index (χ0) is 16.7. The number of carbonyl (C=O) groups is 3. The van der Waals surface area contributed by atoms with Crippen LogP contribution in [0.1, 0.15) is 39.5 Å². The lowest BCUT2D eigenvalue weighted by Crippen LogP contribution is -2.47. The van der Waals surface area contributed by atoms with E-state index in [9.17, 15) is 14.4 Å². The number of carbonyl (C=O) groups excluding carboxylic acids is 3. The molecule has 0 saturated carbocycles. The highest BCUT2D eigenvalue weighted by Crippen LogP contribution is 2.61. The van der Waals surface area contributed by atoms with Crippen molar-refractivity contribution in [1.82, 2.24) is 0 Å². The third-order valence-corrected chi connectivity index (χ3v) is 5.05. The Hall–Kier alpha value is -1.63. The molecule has 0 aromatic carbocycles. The van der Waals surface area contributed by atoms with Crippen LogP contribution in [0.3, 0.4) is 0 Å². The highest BCUT2D eigenvalue weighted by molar-refractivity contribution is 5.87. The Balaban J connectivity index is 1.52. The largest absolute Gasteiger partial charge is 0.462 e. The number of cyclic esters (lactones) is 1. The average molecular weight is 326 g/mol. The van der Waals surface area contributed by atoms with E-state index >= 15 is 0 Å². The lowest BCUT2D eigenvalue weighted by atomic mass is 9.65. The first kappa shape index (κ1) is 16.2. The fourth-order valence-corrected chi connectivity index (χ4v) is 3.80. The predicted molar refractivity (Wildman–Crippen MR) is 76.2 cm³/mol. The lowest BCUT2D eigenvalue weighted by Gasteiger charge is -2.33. The van der Waals surface area contributed by atoms with E-state index in [2.05, 4.69) is 0 Å². The molecule has 3 saturated heterocycles. The molecule has 3 aliphatic rings. The molecule has 3 atom stereocenters. The third-order valence-electron chi connectivity index (χ3n) is 5.05. The van der Waals surface area contributed by atoms with Gasteiger partial charge in [-0.15, -0.1) is 0 Å². The van der Waals surface area contributed by atoms with Crippen molar-refractivity contribution < 1.29 is 33.3 Å². The van der Waals surface area contributed by atoms with Gasteiger partial charge in [0.15, 0.2) is 0 Å². The Labute approximate surface area is 134 Å². The lowest BCUT2D eigenvalue weighted by molar-refractivity contribution is -0.160. The van der Waals surface area contributed by atoms with Crippen LogP contribution in [0.15, 0.2) is 0 Å². The van der Waals surface area contributed by atoms with E-state index < -0.39 is 17.0 Å². The van der Waals surface area contributed by atoms with Crippen LogP contribution in [0.5, 0.6) is 0 Å². The standard InChI is InChI=1S/C16H22O7/c1-10(2)13(18)21-6-5-20-12(17)8-15-7-11-3-4-16(15,23-11)9-22-14(15)19/h10-11H,3-9H2,1-2H3. The molecule has 7 heteroatoms. The molecule has 23 heavy (non-hydrogen) atoms. The van der Waals surface area contributed by atoms with E-state index in [1.807, 2.05) is 0 Å². The summed E-state index contributed by atoms with van der Waals surface area (Å²) in [4.78, 5) is 35.6. The summed E-state index contributed by atoms with van der Waals surface area (Å²) >= 11 is 0. The second kappa shape index (κ2) is 5.78. The van der Waals surface area contributed by atoms with Gasteiger partial charge in [0.2, 0.25) is 0 Å². The topological polar surface area (TPSA) is 88.1 Å². The molecular formula is C16H22O7. The molecule has 0 radical (unpaired) electrons. The maximum atomic E-state index is 12.2. The molecule has 0 N–H and O–H groups in total. The second-order valence-electron chi connectivity index (χ2n) is 6.85. The van der Waals surface area contributed by atoms with Gasteiger partial charge in [-0.3, -0.25) is 14.4 Å². The highest BCUT2D eigenvalue weighted by atomic mass is 16.6. The van der Waals surface area contributed by atoms with Crippen molar-refractivity contribution in [2.75, 3.05) is 19.8 Å². The molecule has 2 bridgehead atoms. The van der Waals surface area contributed by atoms with Gasteiger partial charge in [0.25, 0.3) is 0 Å². The van der Waals surface area contributed by atoms with Gasteiger partial charge in [-0.25, -0.2) is 0 Å². The minimum absolute atomic E-state index is 0.0142. The fraction of sp³-hybridized carbons (Fsp3) is 0.812. The summed E-state index contributed by atoms with van der Waals surface area (Å²) in [5, 5.41) is 0. The molecular weight excluding hydrogens is 304 g/mol. The van der Waals surface area contributed by atoms with Crippen molar-refractivity contribution in [3.8, 4) is 0 Å². The molecule has 3 unspecified atom stereocenters. The van der Waals surface area contributed by atoms with Crippen LogP contribution in [-0.2, 0) is 33.3 Å². The summed E-state index contributed by atoms with van der Waals surface area (Å²) in [5.41, 5.74) is -1.56. The number of hydrogen-bond donors (Lipinski definition) is 0. The Morgan fingerprint density at radius 2 is 2.04 bits per heavy atom. The molecule has 3 fully saturated rings. The van der Waals surface area contributed by atoms with Crippen LogP contribution in [0.2, 0.25) is 0 Å². The molecule has 0 amide bonds. The third kappa shape index (κ3) is 2.60. The fourth-order valence-electron chi connectivity index (χ4n) is 3.80. The van der Waals surface area contributed by atoms with Crippen LogP contribution in [0.25, 0.3) is 0 Å².